The lowest BCUT2D eigenvalue weighted by molar-refractivity contribution is -0.127. The maximum absolute atomic E-state index is 12.2. The molecule has 186 valence electrons. The first kappa shape index (κ1) is 25.3. The van der Waals surface area contributed by atoms with Gasteiger partial charge in [0.1, 0.15) is 15.7 Å². The molecule has 1 spiro atoms. The Hall–Kier alpha value is -1.84. The van der Waals surface area contributed by atoms with Crippen LogP contribution >= 0.6 is 23.4 Å². The van der Waals surface area contributed by atoms with E-state index in [1.54, 1.807) is 13.1 Å². The molecule has 0 saturated carbocycles. The fourth-order valence-electron chi connectivity index (χ4n) is 5.11. The molecule has 1 amide bonds. The Balaban J connectivity index is 1.58. The number of anilines is 1. The highest BCUT2D eigenvalue weighted by Gasteiger charge is 2.48. The first-order valence-electron chi connectivity index (χ1n) is 11.7. The number of unbranched alkanes of at least 4 members (excludes halogenated alkanes) is 1. The summed E-state index contributed by atoms with van der Waals surface area (Å²) in [4.78, 5) is 16.4. The second kappa shape index (κ2) is 10.0. The minimum absolute atomic E-state index is 0.0369. The zero-order valence-corrected chi connectivity index (χ0v) is 22.3. The lowest BCUT2D eigenvalue weighted by atomic mass is 9.80. The van der Waals surface area contributed by atoms with Crippen LogP contribution in [-0.4, -0.2) is 56.4 Å². The van der Waals surface area contributed by atoms with E-state index in [0.29, 0.717) is 13.0 Å². The van der Waals surface area contributed by atoms with Crippen molar-refractivity contribution in [1.82, 2.24) is 15.5 Å². The lowest BCUT2D eigenvalue weighted by Gasteiger charge is -2.29. The SMILES string of the molecule is CC=C(NC1NC=C(Cl)S1)N1CC2(CCN(C(C)=O)C2)c2cc(CCCCS(C)(=O)=O)ccc21. The molecule has 0 radical (unpaired) electrons. The van der Waals surface area contributed by atoms with Gasteiger partial charge in [-0.2, -0.15) is 0 Å². The van der Waals surface area contributed by atoms with E-state index < -0.39 is 9.84 Å². The molecule has 0 aromatic heterocycles. The Labute approximate surface area is 211 Å². The van der Waals surface area contributed by atoms with Gasteiger partial charge in [0.25, 0.3) is 0 Å². The van der Waals surface area contributed by atoms with Crippen molar-refractivity contribution in [1.29, 1.82) is 0 Å². The first-order chi connectivity index (χ1) is 16.1. The molecule has 34 heavy (non-hydrogen) atoms. The standard InChI is InChI=1S/C24H33ClN4O3S2/c1-4-22(27-23-26-14-21(25)33-23)29-16-24(10-11-28(15-24)17(2)30)19-13-18(8-9-20(19)29)7-5-6-12-34(3,31)32/h4,8-9,13-14,23,26-27H,5-7,10-12,15-16H2,1-3H3. The number of carbonyl (C=O) groups is 1. The summed E-state index contributed by atoms with van der Waals surface area (Å²) in [5.41, 5.74) is 3.50. The van der Waals surface area contributed by atoms with Crippen LogP contribution in [0.4, 0.5) is 5.69 Å². The third-order valence-electron chi connectivity index (χ3n) is 6.84. The number of carbonyl (C=O) groups excluding carboxylic acids is 1. The van der Waals surface area contributed by atoms with Crippen LogP contribution in [0.3, 0.4) is 0 Å². The van der Waals surface area contributed by atoms with Crippen LogP contribution in [0.25, 0.3) is 0 Å². The summed E-state index contributed by atoms with van der Waals surface area (Å²) in [6.45, 7) is 5.94. The molecule has 4 rings (SSSR count). The van der Waals surface area contributed by atoms with Crippen LogP contribution < -0.4 is 15.5 Å². The van der Waals surface area contributed by atoms with Crippen molar-refractivity contribution in [3.05, 3.63) is 51.8 Å². The molecular weight excluding hydrogens is 492 g/mol. The van der Waals surface area contributed by atoms with Gasteiger partial charge >= 0.3 is 0 Å². The smallest absolute Gasteiger partial charge is 0.219 e. The molecule has 2 unspecified atom stereocenters. The average molecular weight is 525 g/mol. The topological polar surface area (TPSA) is 81.8 Å². The molecule has 0 bridgehead atoms. The van der Waals surface area contributed by atoms with E-state index in [1.165, 1.54) is 29.1 Å². The molecular formula is C24H33ClN4O3S2. The molecule has 2 atom stereocenters. The Morgan fingerprint density at radius 1 is 1.35 bits per heavy atom. The van der Waals surface area contributed by atoms with E-state index in [2.05, 4.69) is 39.8 Å². The van der Waals surface area contributed by atoms with E-state index in [4.69, 9.17) is 11.6 Å². The predicted octanol–water partition coefficient (Wildman–Crippen LogP) is 3.47. The van der Waals surface area contributed by atoms with Gasteiger partial charge in [0.2, 0.25) is 5.91 Å². The number of benzene rings is 1. The van der Waals surface area contributed by atoms with E-state index in [1.807, 2.05) is 11.8 Å². The fraction of sp³-hybridized carbons (Fsp3) is 0.542. The van der Waals surface area contributed by atoms with Gasteiger partial charge in [-0.15, -0.1) is 0 Å². The van der Waals surface area contributed by atoms with E-state index in [9.17, 15) is 13.2 Å². The van der Waals surface area contributed by atoms with Crippen molar-refractivity contribution in [3.8, 4) is 0 Å². The largest absolute Gasteiger partial charge is 0.361 e. The summed E-state index contributed by atoms with van der Waals surface area (Å²) < 4.78 is 23.6. The van der Waals surface area contributed by atoms with Gasteiger partial charge in [0.15, 0.2) is 5.50 Å². The van der Waals surface area contributed by atoms with Crippen LogP contribution in [0.1, 0.15) is 44.2 Å². The van der Waals surface area contributed by atoms with Gasteiger partial charge in [-0.05, 0) is 55.9 Å². The van der Waals surface area contributed by atoms with Crippen LogP contribution in [0.15, 0.2) is 40.7 Å². The van der Waals surface area contributed by atoms with E-state index in [-0.39, 0.29) is 22.6 Å². The predicted molar refractivity (Wildman–Crippen MR) is 140 cm³/mol. The quantitative estimate of drug-likeness (QED) is 0.504. The second-order valence-corrected chi connectivity index (χ2v) is 13.5. The van der Waals surface area contributed by atoms with Gasteiger partial charge in [0.05, 0.1) is 4.36 Å². The molecule has 0 aliphatic carbocycles. The van der Waals surface area contributed by atoms with Crippen LogP contribution in [0, 0.1) is 0 Å². The van der Waals surface area contributed by atoms with Gasteiger partial charge in [-0.25, -0.2) is 8.42 Å². The summed E-state index contributed by atoms with van der Waals surface area (Å²) in [5.74, 6) is 1.35. The minimum atomic E-state index is -2.93. The summed E-state index contributed by atoms with van der Waals surface area (Å²) in [6.07, 6.45) is 8.44. The second-order valence-electron chi connectivity index (χ2n) is 9.43. The van der Waals surface area contributed by atoms with Gasteiger partial charge in [0, 0.05) is 55.9 Å². The molecule has 1 aromatic carbocycles. The number of hydrogen-bond acceptors (Lipinski definition) is 7. The maximum Gasteiger partial charge on any atom is 0.219 e. The summed E-state index contributed by atoms with van der Waals surface area (Å²) in [7, 11) is -2.93. The zero-order chi connectivity index (χ0) is 24.5. The molecule has 2 N–H and O–H groups in total. The number of fused-ring (bicyclic) bond motifs is 2. The van der Waals surface area contributed by atoms with Crippen molar-refractivity contribution < 1.29 is 13.2 Å². The summed E-state index contributed by atoms with van der Waals surface area (Å²) in [6, 6.07) is 6.61. The molecule has 1 fully saturated rings. The van der Waals surface area contributed by atoms with Gasteiger partial charge in [-0.1, -0.05) is 35.5 Å². The first-order valence-corrected chi connectivity index (χ1v) is 15.0. The van der Waals surface area contributed by atoms with Crippen LogP contribution in [0.2, 0.25) is 0 Å². The summed E-state index contributed by atoms with van der Waals surface area (Å²) in [5, 5.41) is 6.80. The highest BCUT2D eigenvalue weighted by Crippen LogP contribution is 2.48. The number of allylic oxidation sites excluding steroid dienone is 1. The van der Waals surface area contributed by atoms with Crippen molar-refractivity contribution in [3.63, 3.8) is 0 Å². The lowest BCUT2D eigenvalue weighted by Crippen LogP contribution is -2.43. The van der Waals surface area contributed by atoms with Crippen molar-refractivity contribution in [2.75, 3.05) is 36.5 Å². The number of aryl methyl sites for hydroxylation is 1. The number of nitrogens with zero attached hydrogens (tertiary/aromatic N) is 2. The molecule has 3 aliphatic rings. The normalized spacial score (nSPS) is 24.4. The Morgan fingerprint density at radius 3 is 2.76 bits per heavy atom. The number of halogens is 1. The minimum Gasteiger partial charge on any atom is -0.361 e. The molecule has 3 heterocycles. The number of hydrogen-bond donors (Lipinski definition) is 2. The number of amides is 1. The van der Waals surface area contributed by atoms with Crippen molar-refractivity contribution in [2.24, 2.45) is 0 Å². The van der Waals surface area contributed by atoms with Crippen molar-refractivity contribution in [2.45, 2.75) is 50.4 Å². The zero-order valence-electron chi connectivity index (χ0n) is 19.9. The number of nitrogens with one attached hydrogen (secondary N) is 2. The van der Waals surface area contributed by atoms with Crippen LogP contribution in [-0.2, 0) is 26.5 Å². The number of rotatable bonds is 8. The third-order valence-corrected chi connectivity index (χ3v) is 9.07. The number of likely N-dealkylation sites (tertiary alicyclic amines) is 1. The fourth-order valence-corrected chi connectivity index (χ4v) is 6.85. The molecule has 1 aromatic rings. The van der Waals surface area contributed by atoms with Gasteiger partial charge < -0.3 is 20.4 Å². The molecule has 10 heteroatoms. The van der Waals surface area contributed by atoms with Crippen molar-refractivity contribution >= 4 is 44.8 Å². The summed E-state index contributed by atoms with van der Waals surface area (Å²) >= 11 is 7.66. The Bertz CT molecular complexity index is 1120. The van der Waals surface area contributed by atoms with E-state index >= 15 is 0 Å². The average Bonchev–Trinajstić information content (AvgIpc) is 3.47. The van der Waals surface area contributed by atoms with Crippen LogP contribution in [0.5, 0.6) is 0 Å². The number of sulfone groups is 1. The maximum atomic E-state index is 12.2. The molecule has 3 aliphatic heterocycles. The highest BCUT2D eigenvalue weighted by atomic mass is 35.5. The Morgan fingerprint density at radius 2 is 2.15 bits per heavy atom. The number of thioether (sulfide) groups is 1. The third kappa shape index (κ3) is 5.52. The van der Waals surface area contributed by atoms with E-state index in [0.717, 1.165) is 48.2 Å². The monoisotopic (exact) mass is 524 g/mol. The molecule has 1 saturated heterocycles. The highest BCUT2D eigenvalue weighted by molar-refractivity contribution is 8.05. The molecule has 7 nitrogen and oxygen atoms in total. The van der Waals surface area contributed by atoms with Gasteiger partial charge in [-0.3, -0.25) is 4.79 Å². The Kier molecular flexibility index (Phi) is 7.45.